The third-order valence-corrected chi connectivity index (χ3v) is 5.43. The Kier molecular flexibility index (Phi) is 3.88. The van der Waals surface area contributed by atoms with Crippen molar-refractivity contribution < 1.29 is 9.53 Å². The Balaban J connectivity index is 1.61. The van der Waals surface area contributed by atoms with Crippen molar-refractivity contribution in [3.63, 3.8) is 0 Å². The molecular weight excluding hydrogens is 302 g/mol. The summed E-state index contributed by atoms with van der Waals surface area (Å²) >= 11 is 0. The molecule has 2 aromatic rings. The molecule has 1 amide bonds. The maximum Gasteiger partial charge on any atom is 0.272 e. The van der Waals surface area contributed by atoms with Crippen molar-refractivity contribution in [3.05, 3.63) is 42.1 Å². The van der Waals surface area contributed by atoms with Crippen LogP contribution in [0.2, 0.25) is 0 Å². The van der Waals surface area contributed by atoms with E-state index in [0.29, 0.717) is 17.8 Å². The van der Waals surface area contributed by atoms with Crippen molar-refractivity contribution in [3.8, 4) is 11.3 Å². The van der Waals surface area contributed by atoms with Crippen molar-refractivity contribution in [2.24, 2.45) is 7.05 Å². The standard InChI is InChI=1S/C19H23N3O2/c1-21-18(12-17(20-21)13-6-4-3-5-7-13)19(23)22-14-8-9-15(22)11-16(10-14)24-2/h3-7,12,14-16H,8-11H2,1-2H3. The fraction of sp³-hybridized carbons (Fsp3) is 0.474. The van der Waals surface area contributed by atoms with Crippen LogP contribution in [0.1, 0.15) is 36.2 Å². The van der Waals surface area contributed by atoms with E-state index in [0.717, 1.165) is 36.9 Å². The summed E-state index contributed by atoms with van der Waals surface area (Å²) in [6, 6.07) is 12.5. The van der Waals surface area contributed by atoms with Gasteiger partial charge in [-0.2, -0.15) is 5.10 Å². The maximum absolute atomic E-state index is 13.1. The first kappa shape index (κ1) is 15.4. The van der Waals surface area contributed by atoms with E-state index < -0.39 is 0 Å². The maximum atomic E-state index is 13.1. The summed E-state index contributed by atoms with van der Waals surface area (Å²) in [6.07, 6.45) is 4.35. The number of nitrogens with zero attached hydrogens (tertiary/aromatic N) is 3. The Morgan fingerprint density at radius 1 is 1.17 bits per heavy atom. The number of piperidine rings is 1. The minimum absolute atomic E-state index is 0.106. The minimum Gasteiger partial charge on any atom is -0.381 e. The second-order valence-corrected chi connectivity index (χ2v) is 6.83. The van der Waals surface area contributed by atoms with Crippen LogP contribution >= 0.6 is 0 Å². The van der Waals surface area contributed by atoms with Crippen LogP contribution in [0.25, 0.3) is 11.3 Å². The molecule has 24 heavy (non-hydrogen) atoms. The van der Waals surface area contributed by atoms with Gasteiger partial charge in [0, 0.05) is 31.8 Å². The van der Waals surface area contributed by atoms with E-state index in [9.17, 15) is 4.79 Å². The molecule has 2 aliphatic rings. The quantitative estimate of drug-likeness (QED) is 0.872. The van der Waals surface area contributed by atoms with E-state index in [-0.39, 0.29) is 12.0 Å². The Morgan fingerprint density at radius 2 is 1.83 bits per heavy atom. The Bertz CT molecular complexity index is 726. The number of aromatic nitrogens is 2. The van der Waals surface area contributed by atoms with Crippen LogP contribution in [-0.4, -0.2) is 45.9 Å². The number of carbonyl (C=O) groups excluding carboxylic acids is 1. The monoisotopic (exact) mass is 325 g/mol. The van der Waals surface area contributed by atoms with Gasteiger partial charge in [0.15, 0.2) is 0 Å². The zero-order chi connectivity index (χ0) is 16.7. The van der Waals surface area contributed by atoms with E-state index in [4.69, 9.17) is 4.74 Å². The highest BCUT2D eigenvalue weighted by molar-refractivity contribution is 5.94. The summed E-state index contributed by atoms with van der Waals surface area (Å²) in [7, 11) is 3.62. The average molecular weight is 325 g/mol. The van der Waals surface area contributed by atoms with Crippen molar-refractivity contribution in [2.75, 3.05) is 7.11 Å². The first-order chi connectivity index (χ1) is 11.7. The third-order valence-electron chi connectivity index (χ3n) is 5.43. The molecule has 0 N–H and O–H groups in total. The third kappa shape index (κ3) is 2.53. The van der Waals surface area contributed by atoms with Gasteiger partial charge in [0.05, 0.1) is 11.8 Å². The van der Waals surface area contributed by atoms with Crippen molar-refractivity contribution in [1.82, 2.24) is 14.7 Å². The van der Waals surface area contributed by atoms with Crippen molar-refractivity contribution >= 4 is 5.91 Å². The van der Waals surface area contributed by atoms with Crippen LogP contribution in [0.4, 0.5) is 0 Å². The number of carbonyl (C=O) groups is 1. The lowest BCUT2D eigenvalue weighted by Crippen LogP contribution is -2.48. The van der Waals surface area contributed by atoms with Gasteiger partial charge in [-0.1, -0.05) is 30.3 Å². The van der Waals surface area contributed by atoms with E-state index in [1.54, 1.807) is 11.8 Å². The number of hydrogen-bond donors (Lipinski definition) is 0. The molecule has 2 saturated heterocycles. The molecule has 1 aromatic heterocycles. The van der Waals surface area contributed by atoms with Crippen LogP contribution in [0.5, 0.6) is 0 Å². The lowest BCUT2D eigenvalue weighted by Gasteiger charge is -2.38. The highest BCUT2D eigenvalue weighted by Gasteiger charge is 2.44. The van der Waals surface area contributed by atoms with Crippen molar-refractivity contribution in [2.45, 2.75) is 43.9 Å². The largest absolute Gasteiger partial charge is 0.381 e. The zero-order valence-electron chi connectivity index (χ0n) is 14.2. The number of methoxy groups -OCH3 is 1. The van der Waals surface area contributed by atoms with Crippen LogP contribution in [0.15, 0.2) is 36.4 Å². The number of rotatable bonds is 3. The molecule has 2 fully saturated rings. The number of amides is 1. The van der Waals surface area contributed by atoms with Crippen LogP contribution < -0.4 is 0 Å². The average Bonchev–Trinajstić information content (AvgIpc) is 3.12. The van der Waals surface area contributed by atoms with Gasteiger partial charge in [-0.05, 0) is 31.7 Å². The highest BCUT2D eigenvalue weighted by Crippen LogP contribution is 2.37. The molecule has 0 saturated carbocycles. The molecular formula is C19H23N3O2. The molecule has 2 aliphatic heterocycles. The number of hydrogen-bond acceptors (Lipinski definition) is 3. The lowest BCUT2D eigenvalue weighted by atomic mass is 9.99. The number of fused-ring (bicyclic) bond motifs is 2. The van der Waals surface area contributed by atoms with E-state index in [2.05, 4.69) is 10.00 Å². The second kappa shape index (κ2) is 6.06. The van der Waals surface area contributed by atoms with Gasteiger partial charge >= 0.3 is 0 Å². The van der Waals surface area contributed by atoms with Gasteiger partial charge in [-0.15, -0.1) is 0 Å². The summed E-state index contributed by atoms with van der Waals surface area (Å²) in [5.74, 6) is 0.106. The molecule has 2 bridgehead atoms. The van der Waals surface area contributed by atoms with Gasteiger partial charge in [-0.3, -0.25) is 9.48 Å². The smallest absolute Gasteiger partial charge is 0.272 e. The minimum atomic E-state index is 0.106. The van der Waals surface area contributed by atoms with Crippen molar-refractivity contribution in [1.29, 1.82) is 0 Å². The molecule has 5 heteroatoms. The molecule has 0 spiro atoms. The first-order valence-corrected chi connectivity index (χ1v) is 8.62. The molecule has 3 heterocycles. The topological polar surface area (TPSA) is 47.4 Å². The number of ether oxygens (including phenoxy) is 1. The second-order valence-electron chi connectivity index (χ2n) is 6.83. The van der Waals surface area contributed by atoms with Gasteiger partial charge in [0.2, 0.25) is 0 Å². The van der Waals surface area contributed by atoms with E-state index in [1.807, 2.05) is 43.4 Å². The fourth-order valence-electron chi connectivity index (χ4n) is 4.20. The predicted molar refractivity (Wildman–Crippen MR) is 91.7 cm³/mol. The summed E-state index contributed by atoms with van der Waals surface area (Å²) in [4.78, 5) is 15.2. The highest BCUT2D eigenvalue weighted by atomic mass is 16.5. The molecule has 5 nitrogen and oxygen atoms in total. The molecule has 2 atom stereocenters. The molecule has 2 unspecified atom stereocenters. The number of aryl methyl sites for hydroxylation is 1. The molecule has 4 rings (SSSR count). The van der Waals surface area contributed by atoms with E-state index in [1.165, 1.54) is 0 Å². The predicted octanol–water partition coefficient (Wildman–Crippen LogP) is 2.87. The number of benzene rings is 1. The van der Waals surface area contributed by atoms with Gasteiger partial charge in [-0.25, -0.2) is 0 Å². The molecule has 0 radical (unpaired) electrons. The van der Waals surface area contributed by atoms with Crippen LogP contribution in [-0.2, 0) is 11.8 Å². The van der Waals surface area contributed by atoms with Gasteiger partial charge < -0.3 is 9.64 Å². The van der Waals surface area contributed by atoms with Crippen LogP contribution in [0, 0.1) is 0 Å². The normalized spacial score (nSPS) is 25.9. The fourth-order valence-corrected chi connectivity index (χ4v) is 4.20. The summed E-state index contributed by atoms with van der Waals surface area (Å²) < 4.78 is 7.25. The summed E-state index contributed by atoms with van der Waals surface area (Å²) in [6.45, 7) is 0. The Morgan fingerprint density at radius 3 is 2.46 bits per heavy atom. The van der Waals surface area contributed by atoms with Crippen LogP contribution in [0.3, 0.4) is 0 Å². The van der Waals surface area contributed by atoms with Gasteiger partial charge in [0.25, 0.3) is 5.91 Å². The Labute approximate surface area is 142 Å². The van der Waals surface area contributed by atoms with Gasteiger partial charge in [0.1, 0.15) is 5.69 Å². The Hall–Kier alpha value is -2.14. The summed E-state index contributed by atoms with van der Waals surface area (Å²) in [5, 5.41) is 4.54. The SMILES string of the molecule is COC1CC2CCC(C1)N2C(=O)c1cc(-c2ccccc2)nn1C. The molecule has 1 aromatic carbocycles. The molecule has 126 valence electrons. The summed E-state index contributed by atoms with van der Waals surface area (Å²) in [5.41, 5.74) is 2.55. The molecule has 0 aliphatic carbocycles. The lowest BCUT2D eigenvalue weighted by molar-refractivity contribution is 0.00771. The van der Waals surface area contributed by atoms with E-state index >= 15 is 0 Å². The zero-order valence-corrected chi connectivity index (χ0v) is 14.2. The first-order valence-electron chi connectivity index (χ1n) is 8.62.